The molecule has 0 fully saturated rings. The zero-order valence-electron chi connectivity index (χ0n) is 6.08. The molecule has 12 heavy (non-hydrogen) atoms. The maximum absolute atomic E-state index is 11.7. The van der Waals surface area contributed by atoms with Gasteiger partial charge in [-0.15, -0.1) is 13.2 Å². The zero-order chi connectivity index (χ0) is 9.03. The van der Waals surface area contributed by atoms with Crippen LogP contribution in [0.4, 0.5) is 13.2 Å². The highest BCUT2D eigenvalue weighted by molar-refractivity contribution is 5.20. The van der Waals surface area contributed by atoms with Gasteiger partial charge in [0.05, 0.1) is 0 Å². The lowest BCUT2D eigenvalue weighted by molar-refractivity contribution is -0.330. The van der Waals surface area contributed by atoms with Crippen LogP contribution in [0.3, 0.4) is 0 Å². The molecule has 0 bridgehead atoms. The van der Waals surface area contributed by atoms with Crippen LogP contribution in [0.25, 0.3) is 0 Å². The molecular formula is C8H7F3O. The Kier molecular flexibility index (Phi) is 2.70. The van der Waals surface area contributed by atoms with E-state index in [0.717, 1.165) is 0 Å². The summed E-state index contributed by atoms with van der Waals surface area (Å²) in [6, 6.07) is 0. The lowest BCUT2D eigenvalue weighted by atomic mass is 10.3. The Morgan fingerprint density at radius 2 is 1.42 bits per heavy atom. The van der Waals surface area contributed by atoms with E-state index in [0.29, 0.717) is 0 Å². The van der Waals surface area contributed by atoms with Crippen molar-refractivity contribution in [3.05, 3.63) is 36.5 Å². The van der Waals surface area contributed by atoms with Crippen molar-refractivity contribution in [3.63, 3.8) is 0 Å². The summed E-state index contributed by atoms with van der Waals surface area (Å²) in [5.41, 5.74) is 0. The number of halogens is 3. The normalized spacial score (nSPS) is 18.2. The van der Waals surface area contributed by atoms with Crippen LogP contribution in [0, 0.1) is 0 Å². The second-order valence-electron chi connectivity index (χ2n) is 2.18. The molecule has 4 heteroatoms. The lowest BCUT2D eigenvalue weighted by Crippen LogP contribution is -2.20. The molecule has 0 aliphatic heterocycles. The summed E-state index contributed by atoms with van der Waals surface area (Å²) in [6.07, 6.45) is 3.35. The number of hydrogen-bond donors (Lipinski definition) is 0. The maximum Gasteiger partial charge on any atom is 0.523 e. The van der Waals surface area contributed by atoms with E-state index in [1.165, 1.54) is 24.3 Å². The quantitative estimate of drug-likeness (QED) is 0.596. The molecule has 66 valence electrons. The number of hydrogen-bond acceptors (Lipinski definition) is 1. The van der Waals surface area contributed by atoms with Gasteiger partial charge in [-0.05, 0) is 0 Å². The van der Waals surface area contributed by atoms with Gasteiger partial charge in [-0.2, -0.15) is 0 Å². The van der Waals surface area contributed by atoms with E-state index in [9.17, 15) is 13.2 Å². The van der Waals surface area contributed by atoms with E-state index in [1.807, 2.05) is 0 Å². The van der Waals surface area contributed by atoms with Crippen molar-refractivity contribution in [2.75, 3.05) is 0 Å². The Morgan fingerprint density at radius 3 is 1.83 bits per heavy atom. The molecule has 0 spiro atoms. The van der Waals surface area contributed by atoms with Crippen LogP contribution in [0.15, 0.2) is 36.5 Å². The van der Waals surface area contributed by atoms with Crippen LogP contribution in [0.1, 0.15) is 0 Å². The first-order chi connectivity index (χ1) is 5.58. The molecule has 0 atom stereocenters. The van der Waals surface area contributed by atoms with Gasteiger partial charge in [0.15, 0.2) is 0 Å². The molecule has 0 aromatic heterocycles. The fraction of sp³-hybridized carbons (Fsp3) is 0.250. The fourth-order valence-corrected chi connectivity index (χ4v) is 0.773. The molecule has 0 N–H and O–H groups in total. The van der Waals surface area contributed by atoms with Crippen molar-refractivity contribution < 1.29 is 17.9 Å². The predicted molar refractivity (Wildman–Crippen MR) is 38.3 cm³/mol. The van der Waals surface area contributed by atoms with Crippen molar-refractivity contribution in [2.45, 2.75) is 12.5 Å². The lowest BCUT2D eigenvalue weighted by Gasteiger charge is -2.11. The van der Waals surface area contributed by atoms with Crippen molar-refractivity contribution in [1.29, 1.82) is 0 Å². The van der Waals surface area contributed by atoms with E-state index in [4.69, 9.17) is 0 Å². The van der Waals surface area contributed by atoms with E-state index >= 15 is 0 Å². The zero-order valence-corrected chi connectivity index (χ0v) is 6.08. The molecule has 0 radical (unpaired) electrons. The summed E-state index contributed by atoms with van der Waals surface area (Å²) in [6.45, 7) is 0. The van der Waals surface area contributed by atoms with Crippen molar-refractivity contribution >= 4 is 0 Å². The van der Waals surface area contributed by atoms with Crippen LogP contribution in [0.5, 0.6) is 0 Å². The van der Waals surface area contributed by atoms with Crippen LogP contribution in [-0.2, 0) is 4.74 Å². The Bertz CT molecular complexity index is 209. The van der Waals surface area contributed by atoms with Crippen LogP contribution >= 0.6 is 0 Å². The summed E-state index contributed by atoms with van der Waals surface area (Å²) in [7, 11) is 0. The Labute approximate surface area is 67.8 Å². The van der Waals surface area contributed by atoms with Crippen molar-refractivity contribution in [1.82, 2.24) is 0 Å². The van der Waals surface area contributed by atoms with Gasteiger partial charge in [0, 0.05) is 0 Å². The van der Waals surface area contributed by atoms with Crippen LogP contribution in [-0.4, -0.2) is 12.5 Å². The molecule has 0 amide bonds. The van der Waals surface area contributed by atoms with Gasteiger partial charge in [-0.3, -0.25) is 4.74 Å². The monoisotopic (exact) mass is 176 g/mol. The minimum atomic E-state index is -4.58. The average Bonchev–Trinajstić information content (AvgIpc) is 2.12. The molecule has 1 aliphatic rings. The molecule has 0 aromatic rings. The number of alkyl halides is 3. The summed E-state index contributed by atoms with van der Waals surface area (Å²) in [4.78, 5) is 0. The molecule has 0 aromatic carbocycles. The maximum atomic E-state index is 11.7. The topological polar surface area (TPSA) is 9.23 Å². The van der Waals surface area contributed by atoms with Gasteiger partial charge < -0.3 is 0 Å². The number of rotatable bonds is 1. The third-order valence-electron chi connectivity index (χ3n) is 1.20. The molecule has 1 aliphatic carbocycles. The molecule has 1 rings (SSSR count). The van der Waals surface area contributed by atoms with Gasteiger partial charge in [0.1, 0.15) is 6.10 Å². The van der Waals surface area contributed by atoms with Crippen LogP contribution in [0.2, 0.25) is 0 Å². The molecule has 0 heterocycles. The average molecular weight is 176 g/mol. The van der Waals surface area contributed by atoms with Crippen molar-refractivity contribution in [2.24, 2.45) is 0 Å². The number of ether oxygens (including phenoxy) is 1. The van der Waals surface area contributed by atoms with E-state index in [2.05, 4.69) is 4.74 Å². The van der Waals surface area contributed by atoms with E-state index in [1.54, 1.807) is 12.2 Å². The highest BCUT2D eigenvalue weighted by Gasteiger charge is 2.31. The fourth-order valence-electron chi connectivity index (χ4n) is 0.773. The molecule has 0 saturated carbocycles. The predicted octanol–water partition coefficient (Wildman–Crippen LogP) is 2.57. The van der Waals surface area contributed by atoms with E-state index < -0.39 is 12.5 Å². The summed E-state index contributed by atoms with van der Waals surface area (Å²) >= 11 is 0. The molecule has 0 unspecified atom stereocenters. The summed E-state index contributed by atoms with van der Waals surface area (Å²) in [5.74, 6) is 0. The molecule has 0 saturated heterocycles. The second-order valence-corrected chi connectivity index (χ2v) is 2.18. The van der Waals surface area contributed by atoms with Gasteiger partial charge in [-0.25, -0.2) is 0 Å². The Balaban J connectivity index is 2.54. The SMILES string of the molecule is FC(F)(F)OC1C=CC=CC=C1. The first-order valence-electron chi connectivity index (χ1n) is 3.34. The highest BCUT2D eigenvalue weighted by Crippen LogP contribution is 2.20. The van der Waals surface area contributed by atoms with Gasteiger partial charge in [0.2, 0.25) is 0 Å². The van der Waals surface area contributed by atoms with Crippen LogP contribution < -0.4 is 0 Å². The largest absolute Gasteiger partial charge is 0.523 e. The minimum absolute atomic E-state index is 1.01. The Morgan fingerprint density at radius 1 is 0.917 bits per heavy atom. The number of allylic oxidation sites excluding steroid dienone is 4. The third kappa shape index (κ3) is 3.39. The third-order valence-corrected chi connectivity index (χ3v) is 1.20. The summed E-state index contributed by atoms with van der Waals surface area (Å²) in [5, 5.41) is 0. The van der Waals surface area contributed by atoms with Crippen molar-refractivity contribution in [3.8, 4) is 0 Å². The second kappa shape index (κ2) is 3.58. The Hall–Kier alpha value is -1.03. The van der Waals surface area contributed by atoms with Gasteiger partial charge >= 0.3 is 6.36 Å². The smallest absolute Gasteiger partial charge is 0.280 e. The minimum Gasteiger partial charge on any atom is -0.280 e. The summed E-state index contributed by atoms with van der Waals surface area (Å²) < 4.78 is 38.7. The van der Waals surface area contributed by atoms with Gasteiger partial charge in [-0.1, -0.05) is 36.5 Å². The van der Waals surface area contributed by atoms with Gasteiger partial charge in [0.25, 0.3) is 0 Å². The first-order valence-corrected chi connectivity index (χ1v) is 3.34. The molecule has 1 nitrogen and oxygen atoms in total. The first kappa shape index (κ1) is 9.06. The standard InChI is InChI=1S/C8H7F3O/c9-8(10,11)12-7-5-3-1-2-4-6-7/h1-7H. The van der Waals surface area contributed by atoms with E-state index in [-0.39, 0.29) is 0 Å². The molecular weight excluding hydrogens is 169 g/mol. The highest BCUT2D eigenvalue weighted by atomic mass is 19.4.